The van der Waals surface area contributed by atoms with Crippen LogP contribution in [0.5, 0.6) is 0 Å². The normalized spacial score (nSPS) is 28.5. The Morgan fingerprint density at radius 3 is 2.36 bits per heavy atom. The Hall–Kier alpha value is -0.301. The molecular formula is C20H32OSe. The summed E-state index contributed by atoms with van der Waals surface area (Å²) in [7, 11) is 1.87. The van der Waals surface area contributed by atoms with E-state index in [2.05, 4.69) is 58.0 Å². The van der Waals surface area contributed by atoms with Crippen LogP contribution in [0.3, 0.4) is 0 Å². The van der Waals surface area contributed by atoms with Gasteiger partial charge in [0.2, 0.25) is 0 Å². The molecule has 0 saturated heterocycles. The average molecular weight is 367 g/mol. The van der Waals surface area contributed by atoms with Crippen LogP contribution in [0.1, 0.15) is 58.6 Å². The first kappa shape index (κ1) is 18.0. The molecule has 1 aromatic rings. The van der Waals surface area contributed by atoms with Crippen LogP contribution in [0.15, 0.2) is 30.3 Å². The molecule has 1 aromatic carbocycles. The molecule has 0 amide bonds. The molecule has 0 N–H and O–H groups in total. The molecule has 0 aliphatic heterocycles. The van der Waals surface area contributed by atoms with Crippen LogP contribution in [0.2, 0.25) is 9.63 Å². The van der Waals surface area contributed by atoms with Crippen LogP contribution in [0.4, 0.5) is 0 Å². The first-order chi connectivity index (χ1) is 10.5. The number of hydrogen-bond acceptors (Lipinski definition) is 1. The third-order valence-corrected chi connectivity index (χ3v) is 8.45. The van der Waals surface area contributed by atoms with Gasteiger partial charge in [-0.2, -0.15) is 0 Å². The van der Waals surface area contributed by atoms with E-state index in [0.717, 1.165) is 22.6 Å². The van der Waals surface area contributed by atoms with Gasteiger partial charge in [0.1, 0.15) is 0 Å². The van der Waals surface area contributed by atoms with Gasteiger partial charge in [-0.05, 0) is 0 Å². The summed E-state index contributed by atoms with van der Waals surface area (Å²) in [5.74, 6) is 2.66. The average Bonchev–Trinajstić information content (AvgIpc) is 2.48. The summed E-state index contributed by atoms with van der Waals surface area (Å²) in [4.78, 5) is 1.56. The zero-order valence-electron chi connectivity index (χ0n) is 14.8. The Morgan fingerprint density at radius 1 is 1.09 bits per heavy atom. The second-order valence-corrected chi connectivity index (χ2v) is 10.7. The zero-order valence-corrected chi connectivity index (χ0v) is 16.5. The summed E-state index contributed by atoms with van der Waals surface area (Å²) in [5, 5.41) is 0. The fourth-order valence-electron chi connectivity index (χ4n) is 3.86. The zero-order chi connectivity index (χ0) is 16.1. The summed E-state index contributed by atoms with van der Waals surface area (Å²) in [6, 6.07) is 10.8. The van der Waals surface area contributed by atoms with Crippen molar-refractivity contribution in [2.45, 2.75) is 62.7 Å². The van der Waals surface area contributed by atoms with Gasteiger partial charge in [-0.25, -0.2) is 0 Å². The van der Waals surface area contributed by atoms with Gasteiger partial charge in [0.15, 0.2) is 0 Å². The standard InChI is InChI=1S/C20H32OSe/c1-14(2)18-12-11-15(3)13-19(18)22-16(4)20(21-5)17-9-7-6-8-10-17/h6-10,14-16,18-20H,11-13H2,1-5H3/t15-,16?,18+,19+,20?/m1/s1. The van der Waals surface area contributed by atoms with Gasteiger partial charge in [-0.3, -0.25) is 0 Å². The van der Waals surface area contributed by atoms with E-state index in [0.29, 0.717) is 19.8 Å². The van der Waals surface area contributed by atoms with E-state index < -0.39 is 0 Å². The Labute approximate surface area is 143 Å². The quantitative estimate of drug-likeness (QED) is 0.580. The van der Waals surface area contributed by atoms with Crippen molar-refractivity contribution in [2.24, 2.45) is 17.8 Å². The molecule has 0 aromatic heterocycles. The number of methoxy groups -OCH3 is 1. The monoisotopic (exact) mass is 368 g/mol. The number of hydrogen-bond donors (Lipinski definition) is 0. The minimum absolute atomic E-state index is 0.256. The van der Waals surface area contributed by atoms with E-state index in [1.54, 1.807) is 0 Å². The maximum atomic E-state index is 5.88. The molecule has 1 nitrogen and oxygen atoms in total. The van der Waals surface area contributed by atoms with E-state index >= 15 is 0 Å². The summed E-state index contributed by atoms with van der Waals surface area (Å²) in [6.45, 7) is 9.67. The molecule has 0 radical (unpaired) electrons. The molecule has 0 bridgehead atoms. The van der Waals surface area contributed by atoms with Crippen LogP contribution in [0.25, 0.3) is 0 Å². The van der Waals surface area contributed by atoms with Gasteiger partial charge < -0.3 is 0 Å². The molecular weight excluding hydrogens is 335 g/mol. The summed E-state index contributed by atoms with van der Waals surface area (Å²) in [6.07, 6.45) is 4.54. The van der Waals surface area contributed by atoms with Crippen LogP contribution in [0, 0.1) is 17.8 Å². The third kappa shape index (κ3) is 4.60. The molecule has 2 unspecified atom stereocenters. The van der Waals surface area contributed by atoms with E-state index in [-0.39, 0.29) is 6.10 Å². The third-order valence-electron chi connectivity index (χ3n) is 5.16. The summed E-state index contributed by atoms with van der Waals surface area (Å²) >= 11 is 0.639. The first-order valence-corrected chi connectivity index (χ1v) is 10.7. The summed E-state index contributed by atoms with van der Waals surface area (Å²) in [5.41, 5.74) is 1.34. The molecule has 1 aliphatic rings. The van der Waals surface area contributed by atoms with Crippen molar-refractivity contribution in [3.63, 3.8) is 0 Å². The Morgan fingerprint density at radius 2 is 1.77 bits per heavy atom. The van der Waals surface area contributed by atoms with Gasteiger partial charge in [0.25, 0.3) is 0 Å². The topological polar surface area (TPSA) is 9.23 Å². The van der Waals surface area contributed by atoms with Crippen LogP contribution < -0.4 is 0 Å². The van der Waals surface area contributed by atoms with Crippen molar-refractivity contribution in [1.29, 1.82) is 0 Å². The van der Waals surface area contributed by atoms with Gasteiger partial charge in [0.05, 0.1) is 0 Å². The molecule has 1 aliphatic carbocycles. The predicted octanol–water partition coefficient (Wildman–Crippen LogP) is 5.77. The maximum absolute atomic E-state index is 5.88. The van der Waals surface area contributed by atoms with Gasteiger partial charge in [-0.1, -0.05) is 0 Å². The van der Waals surface area contributed by atoms with E-state index in [4.69, 9.17) is 4.74 Å². The van der Waals surface area contributed by atoms with Gasteiger partial charge in [0, 0.05) is 0 Å². The second-order valence-electron chi connectivity index (χ2n) is 7.27. The van der Waals surface area contributed by atoms with Gasteiger partial charge in [-0.15, -0.1) is 0 Å². The number of rotatable bonds is 6. The molecule has 0 heterocycles. The van der Waals surface area contributed by atoms with Crippen LogP contribution in [-0.4, -0.2) is 22.1 Å². The first-order valence-electron chi connectivity index (χ1n) is 8.76. The molecule has 22 heavy (non-hydrogen) atoms. The van der Waals surface area contributed by atoms with Gasteiger partial charge >= 0.3 is 143 Å². The van der Waals surface area contributed by atoms with Crippen molar-refractivity contribution < 1.29 is 4.74 Å². The van der Waals surface area contributed by atoms with E-state index in [1.165, 1.54) is 24.8 Å². The van der Waals surface area contributed by atoms with Crippen LogP contribution in [-0.2, 0) is 4.74 Å². The van der Waals surface area contributed by atoms with Crippen molar-refractivity contribution in [2.75, 3.05) is 7.11 Å². The predicted molar refractivity (Wildman–Crippen MR) is 96.5 cm³/mol. The molecule has 124 valence electrons. The van der Waals surface area contributed by atoms with Crippen molar-refractivity contribution in [3.8, 4) is 0 Å². The Bertz CT molecular complexity index is 431. The number of ether oxygens (including phenoxy) is 1. The Balaban J connectivity index is 2.06. The van der Waals surface area contributed by atoms with Crippen molar-refractivity contribution >= 4 is 15.0 Å². The minimum atomic E-state index is 0.256. The van der Waals surface area contributed by atoms with Crippen molar-refractivity contribution in [3.05, 3.63) is 35.9 Å². The molecule has 2 rings (SSSR count). The van der Waals surface area contributed by atoms with Crippen LogP contribution >= 0.6 is 0 Å². The molecule has 0 spiro atoms. The fourth-order valence-corrected chi connectivity index (χ4v) is 8.17. The molecule has 5 atom stereocenters. The summed E-state index contributed by atoms with van der Waals surface area (Å²) < 4.78 is 5.88. The molecule has 1 fully saturated rings. The SMILES string of the molecule is COC(c1ccccc1)C(C)[Se][C@H]1C[C@H](C)CC[C@H]1C(C)C. The fraction of sp³-hybridized carbons (Fsp3) is 0.700. The Kier molecular flexibility index (Phi) is 6.99. The van der Waals surface area contributed by atoms with Crippen molar-refractivity contribution in [1.82, 2.24) is 0 Å². The number of benzene rings is 1. The molecule has 2 heteroatoms. The molecule has 1 saturated carbocycles. The second kappa shape index (κ2) is 8.52. The van der Waals surface area contributed by atoms with E-state index in [9.17, 15) is 0 Å². The van der Waals surface area contributed by atoms with E-state index in [1.807, 2.05) is 7.11 Å².